The predicted molar refractivity (Wildman–Crippen MR) is 111 cm³/mol. The molecule has 1 aliphatic rings. The Morgan fingerprint density at radius 2 is 1.85 bits per heavy atom. The highest BCUT2D eigenvalue weighted by molar-refractivity contribution is 7.83. The molecule has 0 N–H and O–H groups in total. The Morgan fingerprint density at radius 1 is 1.04 bits per heavy atom. The van der Waals surface area contributed by atoms with Crippen molar-refractivity contribution < 1.29 is 9.00 Å². The SMILES string of the molecule is Cc1ccccc1CN1CCCN(C(=O)c2cccc(C[S@](C)=O)c2)CC1. The number of carbonyl (C=O) groups excluding carboxylic acids is 1. The standard InChI is InChI=1S/C22H28N2O2S/c1-18-7-3-4-9-21(18)16-23-11-6-12-24(14-13-23)22(25)20-10-5-8-19(15-20)17-27(2)26/h3-5,7-10,15H,6,11-14,16-17H2,1-2H3/t27-/m0/s1. The zero-order valence-corrected chi connectivity index (χ0v) is 17.0. The molecule has 1 fully saturated rings. The van der Waals surface area contributed by atoms with Gasteiger partial charge in [-0.2, -0.15) is 0 Å². The second kappa shape index (κ2) is 9.29. The fourth-order valence-corrected chi connectivity index (χ4v) is 4.22. The summed E-state index contributed by atoms with van der Waals surface area (Å²) in [7, 11) is -0.903. The molecule has 0 unspecified atom stereocenters. The first-order valence-electron chi connectivity index (χ1n) is 9.48. The van der Waals surface area contributed by atoms with E-state index in [0.29, 0.717) is 11.3 Å². The molecule has 0 saturated carbocycles. The second-order valence-electron chi connectivity index (χ2n) is 7.27. The van der Waals surface area contributed by atoms with E-state index in [4.69, 9.17) is 0 Å². The van der Waals surface area contributed by atoms with E-state index in [-0.39, 0.29) is 5.91 Å². The van der Waals surface area contributed by atoms with Gasteiger partial charge in [-0.25, -0.2) is 0 Å². The van der Waals surface area contributed by atoms with Crippen molar-refractivity contribution in [2.24, 2.45) is 0 Å². The van der Waals surface area contributed by atoms with Crippen molar-refractivity contribution in [1.29, 1.82) is 0 Å². The van der Waals surface area contributed by atoms with Crippen LogP contribution in [0.1, 0.15) is 33.5 Å². The van der Waals surface area contributed by atoms with Crippen molar-refractivity contribution in [3.05, 3.63) is 70.8 Å². The Balaban J connectivity index is 1.63. The van der Waals surface area contributed by atoms with Gasteiger partial charge in [-0.15, -0.1) is 0 Å². The number of rotatable bonds is 5. The van der Waals surface area contributed by atoms with Crippen LogP contribution in [0, 0.1) is 6.92 Å². The van der Waals surface area contributed by atoms with Gasteiger partial charge in [0.2, 0.25) is 0 Å². The molecular weight excluding hydrogens is 356 g/mol. The van der Waals surface area contributed by atoms with Crippen LogP contribution in [0.4, 0.5) is 0 Å². The van der Waals surface area contributed by atoms with E-state index in [2.05, 4.69) is 36.1 Å². The number of nitrogens with zero attached hydrogens (tertiary/aromatic N) is 2. The van der Waals surface area contributed by atoms with Gasteiger partial charge >= 0.3 is 0 Å². The van der Waals surface area contributed by atoms with E-state index >= 15 is 0 Å². The summed E-state index contributed by atoms with van der Waals surface area (Å²) in [5.41, 5.74) is 4.33. The lowest BCUT2D eigenvalue weighted by Crippen LogP contribution is -2.35. The molecule has 5 heteroatoms. The van der Waals surface area contributed by atoms with Crippen LogP contribution in [0.3, 0.4) is 0 Å². The molecular formula is C22H28N2O2S. The fraction of sp³-hybridized carbons (Fsp3) is 0.409. The van der Waals surface area contributed by atoms with Crippen LogP contribution in [0.5, 0.6) is 0 Å². The van der Waals surface area contributed by atoms with Gasteiger partial charge in [0.1, 0.15) is 0 Å². The average molecular weight is 385 g/mol. The highest BCUT2D eigenvalue weighted by Gasteiger charge is 2.21. The Kier molecular flexibility index (Phi) is 6.80. The number of carbonyl (C=O) groups is 1. The van der Waals surface area contributed by atoms with Gasteiger partial charge < -0.3 is 4.90 Å². The molecule has 0 bridgehead atoms. The van der Waals surface area contributed by atoms with Crippen LogP contribution in [-0.4, -0.2) is 52.4 Å². The minimum absolute atomic E-state index is 0.0801. The van der Waals surface area contributed by atoms with E-state index in [1.807, 2.05) is 29.2 Å². The van der Waals surface area contributed by atoms with Crippen LogP contribution >= 0.6 is 0 Å². The molecule has 1 heterocycles. The molecule has 0 spiro atoms. The molecule has 2 aromatic carbocycles. The summed E-state index contributed by atoms with van der Waals surface area (Å²) >= 11 is 0. The maximum atomic E-state index is 12.9. The summed E-state index contributed by atoms with van der Waals surface area (Å²) in [4.78, 5) is 17.3. The number of amides is 1. The third-order valence-electron chi connectivity index (χ3n) is 5.07. The molecule has 1 atom stereocenters. The summed E-state index contributed by atoms with van der Waals surface area (Å²) in [6.45, 7) is 6.51. The molecule has 2 aromatic rings. The minimum Gasteiger partial charge on any atom is -0.337 e. The third-order valence-corrected chi connectivity index (χ3v) is 5.81. The fourth-order valence-electron chi connectivity index (χ4n) is 3.57. The second-order valence-corrected chi connectivity index (χ2v) is 8.70. The van der Waals surface area contributed by atoms with Crippen molar-refractivity contribution in [3.63, 3.8) is 0 Å². The number of aryl methyl sites for hydroxylation is 1. The first-order chi connectivity index (χ1) is 13.0. The lowest BCUT2D eigenvalue weighted by molar-refractivity contribution is 0.0761. The van der Waals surface area contributed by atoms with Crippen molar-refractivity contribution in [3.8, 4) is 0 Å². The minimum atomic E-state index is -0.903. The van der Waals surface area contributed by atoms with Gasteiger partial charge in [0.15, 0.2) is 0 Å². The zero-order valence-electron chi connectivity index (χ0n) is 16.2. The summed E-state index contributed by atoms with van der Waals surface area (Å²) in [5, 5.41) is 0. The highest BCUT2D eigenvalue weighted by atomic mass is 32.2. The number of hydrogen-bond acceptors (Lipinski definition) is 3. The van der Waals surface area contributed by atoms with Crippen molar-refractivity contribution in [2.45, 2.75) is 25.6 Å². The van der Waals surface area contributed by atoms with Crippen molar-refractivity contribution >= 4 is 16.7 Å². The van der Waals surface area contributed by atoms with Gasteiger partial charge in [-0.3, -0.25) is 13.9 Å². The maximum Gasteiger partial charge on any atom is 0.253 e. The Bertz CT molecular complexity index is 821. The van der Waals surface area contributed by atoms with Gasteiger partial charge in [0.05, 0.1) is 0 Å². The maximum absolute atomic E-state index is 12.9. The number of benzene rings is 2. The van der Waals surface area contributed by atoms with E-state index < -0.39 is 10.8 Å². The number of hydrogen-bond donors (Lipinski definition) is 0. The lowest BCUT2D eigenvalue weighted by Gasteiger charge is -2.23. The van der Waals surface area contributed by atoms with Crippen molar-refractivity contribution in [2.75, 3.05) is 32.4 Å². The van der Waals surface area contributed by atoms with Crippen LogP contribution in [0.15, 0.2) is 48.5 Å². The molecule has 1 aliphatic heterocycles. The topological polar surface area (TPSA) is 40.6 Å². The molecule has 144 valence electrons. The van der Waals surface area contributed by atoms with Gasteiger partial charge in [0.25, 0.3) is 5.91 Å². The van der Waals surface area contributed by atoms with E-state index in [1.165, 1.54) is 11.1 Å². The van der Waals surface area contributed by atoms with Gasteiger partial charge in [0, 0.05) is 61.1 Å². The molecule has 1 amide bonds. The summed E-state index contributed by atoms with van der Waals surface area (Å²) in [6.07, 6.45) is 2.67. The van der Waals surface area contributed by atoms with Gasteiger partial charge in [-0.1, -0.05) is 36.4 Å². The van der Waals surface area contributed by atoms with Crippen molar-refractivity contribution in [1.82, 2.24) is 9.80 Å². The Labute approximate surface area is 164 Å². The third kappa shape index (κ3) is 5.50. The molecule has 4 nitrogen and oxygen atoms in total. The van der Waals surface area contributed by atoms with Gasteiger partial charge in [-0.05, 0) is 42.2 Å². The lowest BCUT2D eigenvalue weighted by atomic mass is 10.1. The molecule has 27 heavy (non-hydrogen) atoms. The quantitative estimate of drug-likeness (QED) is 0.795. The monoisotopic (exact) mass is 384 g/mol. The summed E-state index contributed by atoms with van der Waals surface area (Å²) < 4.78 is 11.5. The first-order valence-corrected chi connectivity index (χ1v) is 11.2. The molecule has 0 aliphatic carbocycles. The van der Waals surface area contributed by atoms with Crippen LogP contribution < -0.4 is 0 Å². The molecule has 0 aromatic heterocycles. The average Bonchev–Trinajstić information content (AvgIpc) is 2.88. The highest BCUT2D eigenvalue weighted by Crippen LogP contribution is 2.15. The summed E-state index contributed by atoms with van der Waals surface area (Å²) in [5.74, 6) is 0.571. The van der Waals surface area contributed by atoms with E-state index in [0.717, 1.165) is 44.7 Å². The first kappa shape index (κ1) is 19.8. The Hall–Kier alpha value is -1.98. The predicted octanol–water partition coefficient (Wildman–Crippen LogP) is 3.22. The molecule has 1 saturated heterocycles. The summed E-state index contributed by atoms with van der Waals surface area (Å²) in [6, 6.07) is 16.1. The van der Waals surface area contributed by atoms with Crippen LogP contribution in [0.25, 0.3) is 0 Å². The molecule has 3 rings (SSSR count). The van der Waals surface area contributed by atoms with E-state index in [1.54, 1.807) is 6.26 Å². The largest absolute Gasteiger partial charge is 0.337 e. The smallest absolute Gasteiger partial charge is 0.253 e. The van der Waals surface area contributed by atoms with E-state index in [9.17, 15) is 9.00 Å². The normalized spacial score (nSPS) is 16.7. The van der Waals surface area contributed by atoms with Crippen LogP contribution in [0.2, 0.25) is 0 Å². The molecule has 0 radical (unpaired) electrons. The Morgan fingerprint density at radius 3 is 2.63 bits per heavy atom. The zero-order chi connectivity index (χ0) is 19.2. The van der Waals surface area contributed by atoms with Crippen LogP contribution in [-0.2, 0) is 23.1 Å².